The lowest BCUT2D eigenvalue weighted by Gasteiger charge is -2.07. The summed E-state index contributed by atoms with van der Waals surface area (Å²) in [4.78, 5) is 21.5. The molecule has 15 heavy (non-hydrogen) atoms. The molecule has 80 valence electrons. The molecule has 0 saturated heterocycles. The summed E-state index contributed by atoms with van der Waals surface area (Å²) in [6.07, 6.45) is 0.292. The normalized spacial score (nSPS) is 12.1. The maximum atomic E-state index is 11.7. The first-order valence-electron chi connectivity index (χ1n) is 4.82. The van der Waals surface area contributed by atoms with Crippen molar-refractivity contribution in [2.75, 3.05) is 6.54 Å². The number of carbonyl (C=O) groups excluding carboxylic acids is 1. The summed E-state index contributed by atoms with van der Waals surface area (Å²) in [6, 6.07) is 8.86. The van der Waals surface area contributed by atoms with Gasteiger partial charge >= 0.3 is 0 Å². The molecule has 0 bridgehead atoms. The number of benzene rings is 1. The smallest absolute Gasteiger partial charge is 0.204 e. The van der Waals surface area contributed by atoms with E-state index >= 15 is 0 Å². The molecule has 0 amide bonds. The quantitative estimate of drug-likeness (QED) is 0.422. The fourth-order valence-corrected chi connectivity index (χ4v) is 1.32. The fraction of sp³-hybridized carbons (Fsp3) is 0.364. The van der Waals surface area contributed by atoms with Crippen LogP contribution in [0.5, 0.6) is 0 Å². The largest absolute Gasteiger partial charge is 0.294 e. The molecule has 1 atom stereocenters. The Kier molecular flexibility index (Phi) is 3.97. The number of hydrogen-bond donors (Lipinski definition) is 0. The minimum absolute atomic E-state index is 0.0301. The molecule has 0 fully saturated rings. The molecular weight excluding hydrogens is 194 g/mol. The van der Waals surface area contributed by atoms with Crippen LogP contribution in [0.2, 0.25) is 0 Å². The molecule has 0 aromatic heterocycles. The van der Waals surface area contributed by atoms with E-state index in [1.165, 1.54) is 0 Å². The van der Waals surface area contributed by atoms with Crippen molar-refractivity contribution in [2.45, 2.75) is 13.3 Å². The van der Waals surface area contributed by atoms with E-state index in [0.717, 1.165) is 0 Å². The summed E-state index contributed by atoms with van der Waals surface area (Å²) in [5.74, 6) is -0.324. The Bertz CT molecular complexity index is 348. The summed E-state index contributed by atoms with van der Waals surface area (Å²) < 4.78 is 0. The number of nitro groups is 1. The molecular formula is C11H13NO3. The predicted octanol–water partition coefficient (Wildman–Crippen LogP) is 2.17. The van der Waals surface area contributed by atoms with Gasteiger partial charge in [-0.25, -0.2) is 0 Å². The second kappa shape index (κ2) is 5.24. The molecule has 0 spiro atoms. The SMILES string of the molecule is CC(CC[N+](=O)[O-])C(=O)c1ccccc1. The van der Waals surface area contributed by atoms with Crippen LogP contribution < -0.4 is 0 Å². The van der Waals surface area contributed by atoms with Gasteiger partial charge in [0.25, 0.3) is 0 Å². The van der Waals surface area contributed by atoms with Crippen molar-refractivity contribution in [1.29, 1.82) is 0 Å². The van der Waals surface area contributed by atoms with Gasteiger partial charge in [0.1, 0.15) is 0 Å². The summed E-state index contributed by atoms with van der Waals surface area (Å²) in [5.41, 5.74) is 0.619. The van der Waals surface area contributed by atoms with Gasteiger partial charge in [-0.05, 0) is 0 Å². The van der Waals surface area contributed by atoms with E-state index in [4.69, 9.17) is 0 Å². The molecule has 1 aromatic carbocycles. The van der Waals surface area contributed by atoms with Crippen LogP contribution in [0.1, 0.15) is 23.7 Å². The number of nitrogens with zero attached hydrogens (tertiary/aromatic N) is 1. The van der Waals surface area contributed by atoms with E-state index in [9.17, 15) is 14.9 Å². The molecule has 1 rings (SSSR count). The summed E-state index contributed by atoms with van der Waals surface area (Å²) >= 11 is 0. The lowest BCUT2D eigenvalue weighted by molar-refractivity contribution is -0.481. The molecule has 0 aliphatic carbocycles. The molecule has 0 radical (unpaired) electrons. The van der Waals surface area contributed by atoms with Crippen LogP contribution in [-0.2, 0) is 0 Å². The number of ketones is 1. The molecule has 1 unspecified atom stereocenters. The maximum Gasteiger partial charge on any atom is 0.204 e. The molecule has 0 aliphatic heterocycles. The van der Waals surface area contributed by atoms with Gasteiger partial charge in [-0.1, -0.05) is 37.3 Å². The molecule has 1 aromatic rings. The average Bonchev–Trinajstić information content (AvgIpc) is 2.26. The Hall–Kier alpha value is -1.71. The number of Topliss-reactive ketones (excluding diaryl/α,β-unsaturated/α-hetero) is 1. The van der Waals surface area contributed by atoms with Crippen LogP contribution in [0.3, 0.4) is 0 Å². The Labute approximate surface area is 88.1 Å². The zero-order chi connectivity index (χ0) is 11.3. The van der Waals surface area contributed by atoms with Crippen molar-refractivity contribution in [2.24, 2.45) is 5.92 Å². The van der Waals surface area contributed by atoms with Gasteiger partial charge in [0.05, 0.1) is 0 Å². The monoisotopic (exact) mass is 207 g/mol. The van der Waals surface area contributed by atoms with Gasteiger partial charge in [-0.2, -0.15) is 0 Å². The molecule has 0 N–H and O–H groups in total. The molecule has 4 nitrogen and oxygen atoms in total. The van der Waals surface area contributed by atoms with E-state index in [1.54, 1.807) is 31.2 Å². The van der Waals surface area contributed by atoms with Crippen molar-refractivity contribution in [3.63, 3.8) is 0 Å². The van der Waals surface area contributed by atoms with Crippen molar-refractivity contribution in [3.05, 3.63) is 46.0 Å². The van der Waals surface area contributed by atoms with E-state index in [1.807, 2.05) is 6.07 Å². The maximum absolute atomic E-state index is 11.7. The van der Waals surface area contributed by atoms with Crippen LogP contribution in [0.15, 0.2) is 30.3 Å². The number of carbonyl (C=O) groups is 1. The van der Waals surface area contributed by atoms with Crippen LogP contribution in [0.4, 0.5) is 0 Å². The highest BCUT2D eigenvalue weighted by Gasteiger charge is 2.16. The third-order valence-electron chi connectivity index (χ3n) is 2.25. The van der Waals surface area contributed by atoms with Gasteiger partial charge < -0.3 is 0 Å². The van der Waals surface area contributed by atoms with Crippen LogP contribution in [0.25, 0.3) is 0 Å². The standard InChI is InChI=1S/C11H13NO3/c1-9(7-8-12(14)15)11(13)10-5-3-2-4-6-10/h2-6,9H,7-8H2,1H3. The van der Waals surface area contributed by atoms with Crippen LogP contribution >= 0.6 is 0 Å². The third-order valence-corrected chi connectivity index (χ3v) is 2.25. The first kappa shape index (κ1) is 11.4. The minimum Gasteiger partial charge on any atom is -0.294 e. The fourth-order valence-electron chi connectivity index (χ4n) is 1.32. The lowest BCUT2D eigenvalue weighted by atomic mass is 9.97. The van der Waals surface area contributed by atoms with Gasteiger partial charge in [0, 0.05) is 22.8 Å². The first-order valence-corrected chi connectivity index (χ1v) is 4.82. The summed E-state index contributed by atoms with van der Waals surface area (Å²) in [6.45, 7) is 1.57. The minimum atomic E-state index is -0.394. The Balaban J connectivity index is 2.57. The van der Waals surface area contributed by atoms with Crippen molar-refractivity contribution >= 4 is 5.78 Å². The Morgan fingerprint density at radius 2 is 2.00 bits per heavy atom. The molecule has 0 aliphatic rings. The van der Waals surface area contributed by atoms with E-state index < -0.39 is 4.92 Å². The predicted molar refractivity (Wildman–Crippen MR) is 56.4 cm³/mol. The Morgan fingerprint density at radius 3 is 2.53 bits per heavy atom. The van der Waals surface area contributed by atoms with Crippen LogP contribution in [0, 0.1) is 16.0 Å². The highest BCUT2D eigenvalue weighted by molar-refractivity contribution is 5.97. The van der Waals surface area contributed by atoms with Crippen molar-refractivity contribution in [1.82, 2.24) is 0 Å². The first-order chi connectivity index (χ1) is 7.11. The third kappa shape index (κ3) is 3.50. The zero-order valence-electron chi connectivity index (χ0n) is 8.55. The molecule has 0 heterocycles. The summed E-state index contributed by atoms with van der Waals surface area (Å²) in [5, 5.41) is 10.2. The highest BCUT2D eigenvalue weighted by atomic mass is 16.6. The lowest BCUT2D eigenvalue weighted by Crippen LogP contribution is -2.15. The summed E-state index contributed by atoms with van der Waals surface area (Å²) in [7, 11) is 0. The second-order valence-corrected chi connectivity index (χ2v) is 3.48. The zero-order valence-corrected chi connectivity index (χ0v) is 8.55. The second-order valence-electron chi connectivity index (χ2n) is 3.48. The topological polar surface area (TPSA) is 60.2 Å². The average molecular weight is 207 g/mol. The van der Waals surface area contributed by atoms with E-state index in [0.29, 0.717) is 12.0 Å². The highest BCUT2D eigenvalue weighted by Crippen LogP contribution is 2.11. The Morgan fingerprint density at radius 1 is 1.40 bits per heavy atom. The van der Waals surface area contributed by atoms with E-state index in [2.05, 4.69) is 0 Å². The number of rotatable bonds is 5. The van der Waals surface area contributed by atoms with Gasteiger partial charge in [0.15, 0.2) is 5.78 Å². The van der Waals surface area contributed by atoms with Gasteiger partial charge in [-0.15, -0.1) is 0 Å². The van der Waals surface area contributed by atoms with Gasteiger partial charge in [-0.3, -0.25) is 14.9 Å². The van der Waals surface area contributed by atoms with Crippen molar-refractivity contribution < 1.29 is 9.72 Å². The number of hydrogen-bond acceptors (Lipinski definition) is 3. The van der Waals surface area contributed by atoms with Gasteiger partial charge in [0.2, 0.25) is 6.54 Å². The van der Waals surface area contributed by atoms with E-state index in [-0.39, 0.29) is 18.2 Å². The van der Waals surface area contributed by atoms with Crippen LogP contribution in [-0.4, -0.2) is 17.3 Å². The van der Waals surface area contributed by atoms with Crippen molar-refractivity contribution in [3.8, 4) is 0 Å². The molecule has 4 heteroatoms. The molecule has 0 saturated carbocycles.